The number of rotatable bonds is 3. The van der Waals surface area contributed by atoms with Crippen LogP contribution in [0.15, 0.2) is 24.3 Å². The first-order chi connectivity index (χ1) is 9.26. The molecule has 1 aliphatic rings. The summed E-state index contributed by atoms with van der Waals surface area (Å²) in [5, 5.41) is 0. The lowest BCUT2D eigenvalue weighted by Gasteiger charge is -2.29. The molecule has 104 valence electrons. The summed E-state index contributed by atoms with van der Waals surface area (Å²) in [5.41, 5.74) is 7.89. The van der Waals surface area contributed by atoms with Crippen molar-refractivity contribution in [3.63, 3.8) is 0 Å². The molecule has 1 atom stereocenters. The van der Waals surface area contributed by atoms with Crippen LogP contribution in [-0.2, 0) is 6.42 Å². The second-order valence-electron chi connectivity index (χ2n) is 5.29. The van der Waals surface area contributed by atoms with Crippen molar-refractivity contribution in [2.24, 2.45) is 5.73 Å². The summed E-state index contributed by atoms with van der Waals surface area (Å²) < 4.78 is 0. The van der Waals surface area contributed by atoms with Crippen molar-refractivity contribution in [1.82, 2.24) is 4.90 Å². The molecule has 2 rings (SSSR count). The number of nitrogens with zero attached hydrogens (tertiary/aromatic N) is 1. The molecule has 3 nitrogen and oxygen atoms in total. The van der Waals surface area contributed by atoms with Gasteiger partial charge in [0.1, 0.15) is 0 Å². The molecule has 0 saturated carbocycles. The van der Waals surface area contributed by atoms with Crippen LogP contribution in [0.3, 0.4) is 0 Å². The van der Waals surface area contributed by atoms with Crippen LogP contribution < -0.4 is 5.73 Å². The molecule has 3 heteroatoms. The highest BCUT2D eigenvalue weighted by atomic mass is 16.2. The topological polar surface area (TPSA) is 46.3 Å². The third-order valence-corrected chi connectivity index (χ3v) is 4.02. The molecule has 1 heterocycles. The molecule has 19 heavy (non-hydrogen) atoms. The zero-order chi connectivity index (χ0) is 13.7. The van der Waals surface area contributed by atoms with Gasteiger partial charge in [0.15, 0.2) is 0 Å². The van der Waals surface area contributed by atoms with Gasteiger partial charge in [-0.1, -0.05) is 31.9 Å². The first-order valence-electron chi connectivity index (χ1n) is 7.36. The van der Waals surface area contributed by atoms with Crippen LogP contribution >= 0.6 is 0 Å². The van der Waals surface area contributed by atoms with Gasteiger partial charge >= 0.3 is 0 Å². The van der Waals surface area contributed by atoms with E-state index in [1.165, 1.54) is 18.4 Å². The first-order valence-corrected chi connectivity index (χ1v) is 7.36. The fourth-order valence-corrected chi connectivity index (χ4v) is 2.74. The second-order valence-corrected chi connectivity index (χ2v) is 5.29. The number of aryl methyl sites for hydroxylation is 1. The predicted molar refractivity (Wildman–Crippen MR) is 78.2 cm³/mol. The van der Waals surface area contributed by atoms with Gasteiger partial charge in [-0.3, -0.25) is 4.79 Å². The highest BCUT2D eigenvalue weighted by Gasteiger charge is 2.25. The van der Waals surface area contributed by atoms with Crippen LogP contribution in [0.1, 0.15) is 48.5 Å². The van der Waals surface area contributed by atoms with Crippen molar-refractivity contribution in [2.45, 2.75) is 45.1 Å². The van der Waals surface area contributed by atoms with Crippen molar-refractivity contribution in [3.05, 3.63) is 35.4 Å². The minimum atomic E-state index is 0.139. The molecule has 1 unspecified atom stereocenters. The Morgan fingerprint density at radius 3 is 2.63 bits per heavy atom. The Bertz CT molecular complexity index is 413. The van der Waals surface area contributed by atoms with E-state index in [1.807, 2.05) is 29.2 Å². The van der Waals surface area contributed by atoms with E-state index in [0.717, 1.165) is 31.4 Å². The number of hydrogen-bond donors (Lipinski definition) is 1. The SMILES string of the molecule is CCc1ccc(C(=O)N2CCCCCC2CN)cc1. The van der Waals surface area contributed by atoms with E-state index in [-0.39, 0.29) is 11.9 Å². The maximum absolute atomic E-state index is 12.6. The molecule has 1 fully saturated rings. The fourth-order valence-electron chi connectivity index (χ4n) is 2.74. The Kier molecular flexibility index (Phi) is 4.97. The van der Waals surface area contributed by atoms with E-state index in [0.29, 0.717) is 6.54 Å². The molecule has 1 aliphatic heterocycles. The van der Waals surface area contributed by atoms with Crippen LogP contribution in [-0.4, -0.2) is 29.9 Å². The molecule has 1 amide bonds. The molecule has 2 N–H and O–H groups in total. The highest BCUT2D eigenvalue weighted by Crippen LogP contribution is 2.19. The molecular formula is C16H24N2O. The zero-order valence-electron chi connectivity index (χ0n) is 11.8. The van der Waals surface area contributed by atoms with Crippen molar-refractivity contribution in [1.29, 1.82) is 0 Å². The molecular weight excluding hydrogens is 236 g/mol. The van der Waals surface area contributed by atoms with Crippen LogP contribution in [0, 0.1) is 0 Å². The minimum absolute atomic E-state index is 0.139. The number of likely N-dealkylation sites (tertiary alicyclic amines) is 1. The van der Waals surface area contributed by atoms with E-state index < -0.39 is 0 Å². The average Bonchev–Trinajstić information content (AvgIpc) is 2.71. The normalized spacial score (nSPS) is 20.1. The number of hydrogen-bond acceptors (Lipinski definition) is 2. The molecule has 0 spiro atoms. The van der Waals surface area contributed by atoms with Gasteiger partial charge in [0.05, 0.1) is 0 Å². The van der Waals surface area contributed by atoms with Crippen LogP contribution in [0.25, 0.3) is 0 Å². The van der Waals surface area contributed by atoms with Crippen molar-refractivity contribution >= 4 is 5.91 Å². The second kappa shape index (κ2) is 6.71. The van der Waals surface area contributed by atoms with E-state index in [2.05, 4.69) is 6.92 Å². The Hall–Kier alpha value is -1.35. The fraction of sp³-hybridized carbons (Fsp3) is 0.562. The number of benzene rings is 1. The minimum Gasteiger partial charge on any atom is -0.334 e. The lowest BCUT2D eigenvalue weighted by Crippen LogP contribution is -2.44. The Balaban J connectivity index is 2.15. The Morgan fingerprint density at radius 1 is 1.26 bits per heavy atom. The molecule has 0 aromatic heterocycles. The number of nitrogens with two attached hydrogens (primary N) is 1. The van der Waals surface area contributed by atoms with E-state index in [1.54, 1.807) is 0 Å². The maximum atomic E-state index is 12.6. The van der Waals surface area contributed by atoms with Crippen LogP contribution in [0.4, 0.5) is 0 Å². The summed E-state index contributed by atoms with van der Waals surface area (Å²) >= 11 is 0. The zero-order valence-corrected chi connectivity index (χ0v) is 11.8. The predicted octanol–water partition coefficient (Wildman–Crippen LogP) is 2.59. The summed E-state index contributed by atoms with van der Waals surface area (Å²) in [6.45, 7) is 3.53. The summed E-state index contributed by atoms with van der Waals surface area (Å²) in [7, 11) is 0. The van der Waals surface area contributed by atoms with Crippen molar-refractivity contribution < 1.29 is 4.79 Å². The van der Waals surface area contributed by atoms with Crippen LogP contribution in [0.5, 0.6) is 0 Å². The summed E-state index contributed by atoms with van der Waals surface area (Å²) in [4.78, 5) is 14.6. The smallest absolute Gasteiger partial charge is 0.254 e. The van der Waals surface area contributed by atoms with Gasteiger partial charge in [-0.15, -0.1) is 0 Å². The lowest BCUT2D eigenvalue weighted by atomic mass is 10.1. The van der Waals surface area contributed by atoms with E-state index in [9.17, 15) is 4.79 Å². The highest BCUT2D eigenvalue weighted by molar-refractivity contribution is 5.94. The van der Waals surface area contributed by atoms with Gasteiger partial charge < -0.3 is 10.6 Å². The van der Waals surface area contributed by atoms with Gasteiger partial charge in [0.2, 0.25) is 0 Å². The number of carbonyl (C=O) groups is 1. The summed E-state index contributed by atoms with van der Waals surface area (Å²) in [5.74, 6) is 0.139. The molecule has 0 aliphatic carbocycles. The Morgan fingerprint density at radius 2 is 2.00 bits per heavy atom. The largest absolute Gasteiger partial charge is 0.334 e. The third kappa shape index (κ3) is 3.35. The standard InChI is InChI=1S/C16H24N2O/c1-2-13-7-9-14(10-8-13)16(19)18-11-5-3-4-6-15(18)12-17/h7-10,15H,2-6,11-12,17H2,1H3. The molecule has 1 saturated heterocycles. The van der Waals surface area contributed by atoms with Gasteiger partial charge in [0.25, 0.3) is 5.91 Å². The van der Waals surface area contributed by atoms with E-state index in [4.69, 9.17) is 5.73 Å². The molecule has 1 aromatic rings. The van der Waals surface area contributed by atoms with Crippen molar-refractivity contribution in [3.8, 4) is 0 Å². The quantitative estimate of drug-likeness (QED) is 0.908. The molecule has 0 bridgehead atoms. The van der Waals surface area contributed by atoms with Gasteiger partial charge in [-0.2, -0.15) is 0 Å². The Labute approximate surface area is 115 Å². The van der Waals surface area contributed by atoms with E-state index >= 15 is 0 Å². The molecule has 1 aromatic carbocycles. The number of amides is 1. The van der Waals surface area contributed by atoms with Gasteiger partial charge in [0, 0.05) is 24.7 Å². The maximum Gasteiger partial charge on any atom is 0.254 e. The van der Waals surface area contributed by atoms with Crippen molar-refractivity contribution in [2.75, 3.05) is 13.1 Å². The molecule has 0 radical (unpaired) electrons. The summed E-state index contributed by atoms with van der Waals surface area (Å²) in [6.07, 6.45) is 5.52. The third-order valence-electron chi connectivity index (χ3n) is 4.02. The number of carbonyl (C=O) groups excluding carboxylic acids is 1. The van der Waals surface area contributed by atoms with Gasteiger partial charge in [-0.05, 0) is 37.0 Å². The summed E-state index contributed by atoms with van der Waals surface area (Å²) in [6, 6.07) is 8.19. The van der Waals surface area contributed by atoms with Gasteiger partial charge in [-0.25, -0.2) is 0 Å². The first kappa shape index (κ1) is 14.1. The monoisotopic (exact) mass is 260 g/mol. The van der Waals surface area contributed by atoms with Crippen LogP contribution in [0.2, 0.25) is 0 Å². The average molecular weight is 260 g/mol. The lowest BCUT2D eigenvalue weighted by molar-refractivity contribution is 0.0689.